The van der Waals surface area contributed by atoms with Crippen LogP contribution in [0.25, 0.3) is 0 Å². The van der Waals surface area contributed by atoms with Crippen LogP contribution in [0.1, 0.15) is 5.56 Å². The van der Waals surface area contributed by atoms with E-state index >= 15 is 0 Å². The molecule has 0 atom stereocenters. The molecular weight excluding hydrogens is 549 g/mol. The van der Waals surface area contributed by atoms with Gasteiger partial charge < -0.3 is 5.32 Å². The van der Waals surface area contributed by atoms with Gasteiger partial charge in [-0.2, -0.15) is 5.10 Å². The lowest BCUT2D eigenvalue weighted by Crippen LogP contribution is -2.26. The largest absolute Gasteiger partial charge is 0.375 e. The van der Waals surface area contributed by atoms with Crippen LogP contribution in [-0.4, -0.2) is 18.7 Å². The Morgan fingerprint density at radius 1 is 1.08 bits per heavy atom. The molecule has 4 nitrogen and oxygen atoms in total. The van der Waals surface area contributed by atoms with Crippen LogP contribution in [0.15, 0.2) is 48.9 Å². The van der Waals surface area contributed by atoms with E-state index in [4.69, 9.17) is 23.2 Å². The highest BCUT2D eigenvalue weighted by molar-refractivity contribution is 9.13. The Bertz CT molecular complexity index is 800. The second-order valence-electron chi connectivity index (χ2n) is 4.56. The molecule has 0 unspecified atom stereocenters. The number of anilines is 1. The number of hydrazone groups is 1. The number of nitrogens with zero attached hydrogens (tertiary/aromatic N) is 1. The summed E-state index contributed by atoms with van der Waals surface area (Å²) in [7, 11) is 0. The lowest BCUT2D eigenvalue weighted by Gasteiger charge is -2.09. The summed E-state index contributed by atoms with van der Waals surface area (Å²) in [4.78, 5) is 11.8. The third-order valence-electron chi connectivity index (χ3n) is 2.80. The number of halogens is 5. The fourth-order valence-corrected chi connectivity index (χ4v) is 3.59. The number of carbonyl (C=O) groups is 1. The van der Waals surface area contributed by atoms with Gasteiger partial charge in [-0.1, -0.05) is 29.3 Å². The highest BCUT2D eigenvalue weighted by Gasteiger charge is 2.06. The first kappa shape index (κ1) is 19.7. The monoisotopic (exact) mass is 555 g/mol. The standard InChI is InChI=1S/C15H10Br3Cl2N3O/c16-10-4-12(18)14(5-11(10)17)21-7-15(24)23-22-6-8-1-2-9(19)3-13(8)20/h1-6,21H,7H2,(H,23,24)/b22-6-. The van der Waals surface area contributed by atoms with E-state index in [2.05, 4.69) is 63.6 Å². The van der Waals surface area contributed by atoms with Crippen LogP contribution < -0.4 is 10.7 Å². The van der Waals surface area contributed by atoms with Gasteiger partial charge in [-0.25, -0.2) is 5.43 Å². The van der Waals surface area contributed by atoms with Gasteiger partial charge in [-0.05, 0) is 72.1 Å². The van der Waals surface area contributed by atoms with Crippen LogP contribution in [0.2, 0.25) is 10.0 Å². The summed E-state index contributed by atoms with van der Waals surface area (Å²) in [5.41, 5.74) is 3.87. The zero-order chi connectivity index (χ0) is 17.7. The van der Waals surface area contributed by atoms with Crippen LogP contribution in [0, 0.1) is 0 Å². The molecule has 0 spiro atoms. The van der Waals surface area contributed by atoms with Crippen molar-refractivity contribution in [3.8, 4) is 0 Å². The van der Waals surface area contributed by atoms with Crippen molar-refractivity contribution in [3.05, 3.63) is 59.4 Å². The first-order valence-corrected chi connectivity index (χ1v) is 9.65. The van der Waals surface area contributed by atoms with Gasteiger partial charge in [0.15, 0.2) is 0 Å². The topological polar surface area (TPSA) is 53.5 Å². The maximum absolute atomic E-state index is 11.8. The molecule has 9 heteroatoms. The van der Waals surface area contributed by atoms with E-state index in [9.17, 15) is 4.79 Å². The predicted octanol–water partition coefficient (Wildman–Crippen LogP) is 5.84. The highest BCUT2D eigenvalue weighted by Crippen LogP contribution is 2.32. The number of hydrogen-bond acceptors (Lipinski definition) is 3. The van der Waals surface area contributed by atoms with Crippen LogP contribution in [0.4, 0.5) is 5.69 Å². The number of benzene rings is 2. The van der Waals surface area contributed by atoms with Gasteiger partial charge in [0.2, 0.25) is 0 Å². The van der Waals surface area contributed by atoms with E-state index < -0.39 is 0 Å². The minimum atomic E-state index is -0.290. The minimum absolute atomic E-state index is 0.0678. The summed E-state index contributed by atoms with van der Waals surface area (Å²) >= 11 is 22.1. The third kappa shape index (κ3) is 5.74. The van der Waals surface area contributed by atoms with Crippen LogP contribution in [0.3, 0.4) is 0 Å². The summed E-state index contributed by atoms with van der Waals surface area (Å²) in [6.07, 6.45) is 1.46. The first-order chi connectivity index (χ1) is 11.4. The molecule has 2 N–H and O–H groups in total. The Hall–Kier alpha value is -0.600. The van der Waals surface area contributed by atoms with Crippen molar-refractivity contribution in [2.75, 3.05) is 11.9 Å². The van der Waals surface area contributed by atoms with Gasteiger partial charge >= 0.3 is 0 Å². The van der Waals surface area contributed by atoms with Crippen LogP contribution in [-0.2, 0) is 4.79 Å². The number of carbonyl (C=O) groups excluding carboxylic acids is 1. The van der Waals surface area contributed by atoms with Gasteiger partial charge in [-0.15, -0.1) is 0 Å². The lowest BCUT2D eigenvalue weighted by atomic mass is 10.2. The molecular formula is C15H10Br3Cl2N3O. The predicted molar refractivity (Wildman–Crippen MR) is 110 cm³/mol. The van der Waals surface area contributed by atoms with Crippen molar-refractivity contribution >= 4 is 88.8 Å². The first-order valence-electron chi connectivity index (χ1n) is 6.52. The van der Waals surface area contributed by atoms with Crippen molar-refractivity contribution in [2.45, 2.75) is 0 Å². The molecule has 0 aliphatic rings. The van der Waals surface area contributed by atoms with Gasteiger partial charge in [0.25, 0.3) is 5.91 Å². The highest BCUT2D eigenvalue weighted by atomic mass is 79.9. The van der Waals surface area contributed by atoms with Crippen molar-refractivity contribution in [2.24, 2.45) is 5.10 Å². The molecule has 0 heterocycles. The SMILES string of the molecule is O=C(CNc1cc(Br)c(Br)cc1Br)N/N=C\c1ccc(Cl)cc1Cl. The summed E-state index contributed by atoms with van der Waals surface area (Å²) < 4.78 is 2.62. The van der Waals surface area contributed by atoms with E-state index in [-0.39, 0.29) is 12.5 Å². The molecule has 2 rings (SSSR count). The van der Waals surface area contributed by atoms with E-state index in [1.54, 1.807) is 18.2 Å². The number of rotatable bonds is 5. The summed E-state index contributed by atoms with van der Waals surface area (Å²) in [6.45, 7) is 0.0678. The molecule has 2 aromatic carbocycles. The number of amides is 1. The Kier molecular flexibility index (Phi) is 7.56. The summed E-state index contributed by atoms with van der Waals surface area (Å²) in [5, 5.41) is 7.90. The van der Waals surface area contributed by atoms with E-state index in [1.807, 2.05) is 12.1 Å². The number of hydrogen-bond donors (Lipinski definition) is 2. The maximum Gasteiger partial charge on any atom is 0.259 e. The van der Waals surface area contributed by atoms with Crippen molar-refractivity contribution in [3.63, 3.8) is 0 Å². The molecule has 0 fully saturated rings. The average Bonchev–Trinajstić information content (AvgIpc) is 2.51. The normalized spacial score (nSPS) is 10.9. The quantitative estimate of drug-likeness (QED) is 0.275. The van der Waals surface area contributed by atoms with Gasteiger partial charge in [0.05, 0.1) is 23.5 Å². The smallest absolute Gasteiger partial charge is 0.259 e. The molecule has 0 aromatic heterocycles. The van der Waals surface area contributed by atoms with E-state index in [1.165, 1.54) is 6.21 Å². The Morgan fingerprint density at radius 2 is 1.79 bits per heavy atom. The maximum atomic E-state index is 11.8. The Labute approximate surface area is 174 Å². The molecule has 0 saturated carbocycles. The summed E-state index contributed by atoms with van der Waals surface area (Å²) in [5.74, 6) is -0.290. The Balaban J connectivity index is 1.90. The zero-order valence-electron chi connectivity index (χ0n) is 11.9. The van der Waals surface area contributed by atoms with Crippen molar-refractivity contribution in [1.82, 2.24) is 5.43 Å². The number of nitrogens with one attached hydrogen (secondary N) is 2. The van der Waals surface area contributed by atoms with Crippen molar-refractivity contribution in [1.29, 1.82) is 0 Å². The van der Waals surface area contributed by atoms with Crippen LogP contribution in [0.5, 0.6) is 0 Å². The van der Waals surface area contributed by atoms with Crippen LogP contribution >= 0.6 is 71.0 Å². The van der Waals surface area contributed by atoms with Crippen molar-refractivity contribution < 1.29 is 4.79 Å². The minimum Gasteiger partial charge on any atom is -0.375 e. The molecule has 126 valence electrons. The molecule has 0 radical (unpaired) electrons. The second kappa shape index (κ2) is 9.20. The molecule has 0 aliphatic heterocycles. The third-order valence-corrected chi connectivity index (χ3v) is 5.87. The second-order valence-corrected chi connectivity index (χ2v) is 7.97. The fourth-order valence-electron chi connectivity index (χ4n) is 1.65. The van der Waals surface area contributed by atoms with E-state index in [0.717, 1.165) is 19.1 Å². The molecule has 2 aromatic rings. The molecule has 0 aliphatic carbocycles. The van der Waals surface area contributed by atoms with E-state index in [0.29, 0.717) is 15.6 Å². The zero-order valence-corrected chi connectivity index (χ0v) is 18.2. The Morgan fingerprint density at radius 3 is 2.50 bits per heavy atom. The molecule has 1 amide bonds. The lowest BCUT2D eigenvalue weighted by molar-refractivity contribution is -0.119. The van der Waals surface area contributed by atoms with Gasteiger partial charge in [-0.3, -0.25) is 4.79 Å². The molecule has 24 heavy (non-hydrogen) atoms. The molecule has 0 saturated heterocycles. The van der Waals surface area contributed by atoms with Gasteiger partial charge in [0.1, 0.15) is 0 Å². The van der Waals surface area contributed by atoms with Gasteiger partial charge in [0, 0.05) is 24.0 Å². The summed E-state index contributed by atoms with van der Waals surface area (Å²) in [6, 6.07) is 8.76. The fraction of sp³-hybridized carbons (Fsp3) is 0.0667. The molecule has 0 bridgehead atoms. The average molecular weight is 559 g/mol.